The summed E-state index contributed by atoms with van der Waals surface area (Å²) in [6.45, 7) is 11.7. The summed E-state index contributed by atoms with van der Waals surface area (Å²) in [6, 6.07) is 0. The minimum absolute atomic E-state index is 0.105. The number of carbonyl (C=O) groups is 2. The average Bonchev–Trinajstić information content (AvgIpc) is 2.82. The van der Waals surface area contributed by atoms with Crippen molar-refractivity contribution in [2.24, 2.45) is 0 Å². The highest BCUT2D eigenvalue weighted by atomic mass is 16.6. The van der Waals surface area contributed by atoms with Crippen molar-refractivity contribution in [1.82, 2.24) is 14.9 Å². The Kier molecular flexibility index (Phi) is 4.78. The maximum atomic E-state index is 12.6. The van der Waals surface area contributed by atoms with E-state index in [1.807, 2.05) is 41.5 Å². The summed E-state index contributed by atoms with van der Waals surface area (Å²) >= 11 is 0. The lowest BCUT2D eigenvalue weighted by atomic mass is 9.97. The Morgan fingerprint density at radius 2 is 1.67 bits per heavy atom. The second kappa shape index (κ2) is 6.34. The molecule has 24 heavy (non-hydrogen) atoms. The molecular weight excluding hydrogens is 306 g/mol. The van der Waals surface area contributed by atoms with Crippen molar-refractivity contribution in [3.05, 3.63) is 24.2 Å². The van der Waals surface area contributed by atoms with Crippen LogP contribution in [0.4, 0.5) is 4.79 Å². The first-order chi connectivity index (χ1) is 11.0. The molecule has 0 saturated heterocycles. The van der Waals surface area contributed by atoms with Crippen molar-refractivity contribution < 1.29 is 14.3 Å². The van der Waals surface area contributed by atoms with Crippen LogP contribution in [0.2, 0.25) is 0 Å². The molecule has 0 aliphatic heterocycles. The number of ketones is 1. The molecule has 0 saturated carbocycles. The van der Waals surface area contributed by atoms with Gasteiger partial charge in [-0.2, -0.15) is 0 Å². The Bertz CT molecular complexity index is 650. The van der Waals surface area contributed by atoms with Crippen LogP contribution in [-0.4, -0.2) is 37.8 Å². The molecule has 0 spiro atoms. The van der Waals surface area contributed by atoms with Crippen molar-refractivity contribution in [2.45, 2.75) is 65.5 Å². The van der Waals surface area contributed by atoms with Crippen LogP contribution in [0, 0.1) is 0 Å². The van der Waals surface area contributed by atoms with Crippen molar-refractivity contribution >= 4 is 17.4 Å². The van der Waals surface area contributed by atoms with Crippen LogP contribution in [0.1, 0.15) is 60.1 Å². The predicted octanol–water partition coefficient (Wildman–Crippen LogP) is 3.62. The largest absolute Gasteiger partial charge is 0.417 e. The number of ether oxygens (including phenoxy) is 1. The fourth-order valence-electron chi connectivity index (χ4n) is 3.02. The molecule has 1 aromatic rings. The van der Waals surface area contributed by atoms with E-state index in [-0.39, 0.29) is 11.7 Å². The normalized spacial score (nSPS) is 15.2. The van der Waals surface area contributed by atoms with E-state index in [1.54, 1.807) is 11.0 Å². The Hall–Kier alpha value is -2.24. The summed E-state index contributed by atoms with van der Waals surface area (Å²) in [5, 5.41) is 0. The molecule has 0 radical (unpaired) electrons. The Morgan fingerprint density at radius 1 is 1.04 bits per heavy atom. The molecule has 0 fully saturated rings. The number of hydrogen-bond donors (Lipinski definition) is 0. The first-order valence-corrected chi connectivity index (χ1v) is 8.06. The van der Waals surface area contributed by atoms with Gasteiger partial charge in [-0.15, -0.1) is 0 Å². The lowest BCUT2D eigenvalue weighted by Gasteiger charge is -2.44. The second-order valence-corrected chi connectivity index (χ2v) is 7.92. The highest BCUT2D eigenvalue weighted by molar-refractivity contribution is 6.01. The van der Waals surface area contributed by atoms with E-state index < -0.39 is 17.2 Å². The first-order valence-electron chi connectivity index (χ1n) is 8.06. The van der Waals surface area contributed by atoms with E-state index in [0.717, 1.165) is 5.57 Å². The zero-order chi connectivity index (χ0) is 18.1. The number of nitrogens with zero attached hydrogens (tertiary/aromatic N) is 3. The molecule has 1 aliphatic carbocycles. The molecule has 1 aromatic heterocycles. The molecule has 1 heterocycles. The molecular formula is C18H25N3O3. The number of carbonyl (C=O) groups excluding carboxylic acids is 2. The SMILES string of the molecule is CC(C)(C)N(C(=O)Oc1cnc(C2=CC(=O)CC2)cn1)C(C)(C)C. The minimum atomic E-state index is -0.465. The third-order valence-electron chi connectivity index (χ3n) is 3.65. The van der Waals surface area contributed by atoms with Crippen LogP contribution in [-0.2, 0) is 4.79 Å². The Balaban J connectivity index is 2.14. The highest BCUT2D eigenvalue weighted by Gasteiger charge is 2.37. The number of amides is 1. The van der Waals surface area contributed by atoms with Crippen LogP contribution >= 0.6 is 0 Å². The van der Waals surface area contributed by atoms with Gasteiger partial charge in [0.1, 0.15) is 0 Å². The fraction of sp³-hybridized carbons (Fsp3) is 0.556. The molecule has 130 valence electrons. The van der Waals surface area contributed by atoms with Gasteiger partial charge in [0.2, 0.25) is 5.88 Å². The standard InChI is InChI=1S/C18H25N3O3/c1-17(2,3)21(18(4,5)6)16(23)24-15-11-19-14(10-20-15)12-7-8-13(22)9-12/h9-11H,7-8H2,1-6H3. The average molecular weight is 331 g/mol. The smallest absolute Gasteiger partial charge is 0.389 e. The van der Waals surface area contributed by atoms with E-state index in [1.165, 1.54) is 12.4 Å². The third kappa shape index (κ3) is 4.19. The number of allylic oxidation sites excluding steroid dienone is 2. The van der Waals surface area contributed by atoms with Crippen molar-refractivity contribution in [1.29, 1.82) is 0 Å². The van der Waals surface area contributed by atoms with Gasteiger partial charge >= 0.3 is 6.09 Å². The van der Waals surface area contributed by atoms with E-state index in [2.05, 4.69) is 9.97 Å². The van der Waals surface area contributed by atoms with Gasteiger partial charge < -0.3 is 4.74 Å². The van der Waals surface area contributed by atoms with Crippen molar-refractivity contribution in [2.75, 3.05) is 0 Å². The lowest BCUT2D eigenvalue weighted by molar-refractivity contribution is -0.114. The Morgan fingerprint density at radius 3 is 2.08 bits per heavy atom. The molecule has 0 bridgehead atoms. The van der Waals surface area contributed by atoms with E-state index in [9.17, 15) is 9.59 Å². The molecule has 6 heteroatoms. The molecule has 0 unspecified atom stereocenters. The van der Waals surface area contributed by atoms with Gasteiger partial charge in [0.25, 0.3) is 0 Å². The lowest BCUT2D eigenvalue weighted by Crippen LogP contribution is -2.56. The topological polar surface area (TPSA) is 72.4 Å². The molecule has 0 aromatic carbocycles. The maximum Gasteiger partial charge on any atom is 0.417 e. The summed E-state index contributed by atoms with van der Waals surface area (Å²) in [5.41, 5.74) is 0.732. The zero-order valence-corrected chi connectivity index (χ0v) is 15.2. The van der Waals surface area contributed by atoms with E-state index in [4.69, 9.17) is 4.74 Å². The van der Waals surface area contributed by atoms with Gasteiger partial charge in [0.05, 0.1) is 18.1 Å². The first kappa shape index (κ1) is 18.1. The number of rotatable bonds is 2. The van der Waals surface area contributed by atoms with Gasteiger partial charge in [0, 0.05) is 17.5 Å². The maximum absolute atomic E-state index is 12.6. The summed E-state index contributed by atoms with van der Waals surface area (Å²) in [7, 11) is 0. The van der Waals surface area contributed by atoms with Gasteiger partial charge in [-0.25, -0.2) is 14.8 Å². The molecule has 1 aliphatic rings. The summed E-state index contributed by atoms with van der Waals surface area (Å²) < 4.78 is 5.40. The molecule has 0 atom stereocenters. The summed E-state index contributed by atoms with van der Waals surface area (Å²) in [6.07, 6.45) is 5.27. The van der Waals surface area contributed by atoms with Gasteiger partial charge in [-0.3, -0.25) is 9.69 Å². The number of aromatic nitrogens is 2. The highest BCUT2D eigenvalue weighted by Crippen LogP contribution is 2.27. The van der Waals surface area contributed by atoms with Gasteiger partial charge in [-0.05, 0) is 59.6 Å². The quantitative estimate of drug-likeness (QED) is 0.827. The molecule has 0 N–H and O–H groups in total. The van der Waals surface area contributed by atoms with Crippen LogP contribution in [0.15, 0.2) is 18.5 Å². The van der Waals surface area contributed by atoms with Crippen LogP contribution < -0.4 is 4.74 Å². The third-order valence-corrected chi connectivity index (χ3v) is 3.65. The van der Waals surface area contributed by atoms with Crippen LogP contribution in [0.5, 0.6) is 5.88 Å². The van der Waals surface area contributed by atoms with Gasteiger partial charge in [-0.1, -0.05) is 0 Å². The molecule has 1 amide bonds. The number of hydrogen-bond acceptors (Lipinski definition) is 5. The van der Waals surface area contributed by atoms with E-state index >= 15 is 0 Å². The fourth-order valence-corrected chi connectivity index (χ4v) is 3.02. The Labute approximate surface area is 142 Å². The molecule has 2 rings (SSSR count). The predicted molar refractivity (Wildman–Crippen MR) is 91.6 cm³/mol. The van der Waals surface area contributed by atoms with Crippen LogP contribution in [0.25, 0.3) is 5.57 Å². The summed E-state index contributed by atoms with van der Waals surface area (Å²) in [4.78, 5) is 34.0. The van der Waals surface area contributed by atoms with Crippen LogP contribution in [0.3, 0.4) is 0 Å². The van der Waals surface area contributed by atoms with Gasteiger partial charge in [0.15, 0.2) is 5.78 Å². The minimum Gasteiger partial charge on any atom is -0.389 e. The second-order valence-electron chi connectivity index (χ2n) is 7.92. The monoisotopic (exact) mass is 331 g/mol. The molecule has 6 nitrogen and oxygen atoms in total. The van der Waals surface area contributed by atoms with E-state index in [0.29, 0.717) is 18.5 Å². The van der Waals surface area contributed by atoms with Crippen molar-refractivity contribution in [3.63, 3.8) is 0 Å². The zero-order valence-electron chi connectivity index (χ0n) is 15.2. The van der Waals surface area contributed by atoms with Crippen molar-refractivity contribution in [3.8, 4) is 5.88 Å². The summed E-state index contributed by atoms with van der Waals surface area (Å²) in [5.74, 6) is 0.250.